The molecule has 0 atom stereocenters. The summed E-state index contributed by atoms with van der Waals surface area (Å²) >= 11 is 1.15. The number of amides is 1. The van der Waals surface area contributed by atoms with Crippen molar-refractivity contribution in [3.05, 3.63) is 58.2 Å². The van der Waals surface area contributed by atoms with Crippen molar-refractivity contribution in [2.24, 2.45) is 5.73 Å². The van der Waals surface area contributed by atoms with Crippen molar-refractivity contribution in [1.29, 1.82) is 0 Å². The molecular weight excluding hydrogens is 398 g/mol. The molecule has 1 aliphatic heterocycles. The van der Waals surface area contributed by atoms with Crippen molar-refractivity contribution >= 4 is 48.9 Å². The molecule has 0 bridgehead atoms. The predicted molar refractivity (Wildman–Crippen MR) is 109 cm³/mol. The van der Waals surface area contributed by atoms with Gasteiger partial charge in [0.1, 0.15) is 4.90 Å². The van der Waals surface area contributed by atoms with Gasteiger partial charge in [0.25, 0.3) is 15.9 Å². The summed E-state index contributed by atoms with van der Waals surface area (Å²) in [7, 11) is -4.24. The predicted octanol–water partition coefficient (Wildman–Crippen LogP) is 3.09. The Kier molecular flexibility index (Phi) is 4.16. The summed E-state index contributed by atoms with van der Waals surface area (Å²) in [4.78, 5) is 17.3. The summed E-state index contributed by atoms with van der Waals surface area (Å²) in [6, 6.07) is 10.1. The van der Waals surface area contributed by atoms with Gasteiger partial charge in [-0.1, -0.05) is 37.3 Å². The van der Waals surface area contributed by atoms with Crippen molar-refractivity contribution in [2.45, 2.75) is 25.2 Å². The zero-order chi connectivity index (χ0) is 20.2. The highest BCUT2D eigenvalue weighted by Gasteiger charge is 2.43. The minimum atomic E-state index is -4.24. The molecule has 1 aromatic heterocycles. The number of carbonyl (C=O) groups excluding carboxylic acids is 1. The minimum absolute atomic E-state index is 0.0488. The molecule has 4 rings (SSSR count). The molecule has 1 amide bonds. The summed E-state index contributed by atoms with van der Waals surface area (Å²) in [6.07, 6.45) is 0.665. The Hall–Kier alpha value is -2.91. The van der Waals surface area contributed by atoms with E-state index < -0.39 is 27.4 Å². The van der Waals surface area contributed by atoms with E-state index in [-0.39, 0.29) is 15.6 Å². The molecule has 0 fully saturated rings. The summed E-state index contributed by atoms with van der Waals surface area (Å²) in [5, 5.41) is 12.0. The van der Waals surface area contributed by atoms with Crippen molar-refractivity contribution in [3.8, 4) is 0 Å². The maximum Gasteiger partial charge on any atom is 0.272 e. The summed E-state index contributed by atoms with van der Waals surface area (Å²) in [5.74, 6) is -1.53. The molecule has 0 spiro atoms. The normalized spacial score (nSPS) is 15.7. The number of aliphatic hydroxyl groups excluding tert-OH is 1. The van der Waals surface area contributed by atoms with Crippen LogP contribution < -0.4 is 10.0 Å². The largest absolute Gasteiger partial charge is 0.505 e. The fraction of sp³-hybridized carbons (Fsp3) is 0.158. The smallest absolute Gasteiger partial charge is 0.272 e. The van der Waals surface area contributed by atoms with Gasteiger partial charge >= 0.3 is 0 Å². The van der Waals surface area contributed by atoms with Crippen LogP contribution in [-0.4, -0.2) is 24.4 Å². The van der Waals surface area contributed by atoms with Crippen molar-refractivity contribution in [2.75, 3.05) is 4.31 Å². The van der Waals surface area contributed by atoms with E-state index in [1.807, 2.05) is 6.92 Å². The number of sulfonamides is 1. The second-order valence-electron chi connectivity index (χ2n) is 6.35. The van der Waals surface area contributed by atoms with Crippen molar-refractivity contribution < 1.29 is 18.3 Å². The highest BCUT2D eigenvalue weighted by molar-refractivity contribution is 7.93. The van der Waals surface area contributed by atoms with E-state index in [0.717, 1.165) is 20.5 Å². The molecule has 3 N–H and O–H groups in total. The fourth-order valence-corrected chi connectivity index (χ4v) is 6.46. The Morgan fingerprint density at radius 1 is 1.25 bits per heavy atom. The Labute approximate surface area is 165 Å². The number of carbonyl (C=O) groups is 1. The number of nitrogens with two attached hydrogens (primary N) is 1. The molecule has 0 unspecified atom stereocenters. The quantitative estimate of drug-likeness (QED) is 0.682. The summed E-state index contributed by atoms with van der Waals surface area (Å²) < 4.78 is 28.0. The van der Waals surface area contributed by atoms with E-state index in [2.05, 4.69) is 4.98 Å². The molecule has 0 radical (unpaired) electrons. The molecule has 9 heteroatoms. The molecule has 2 heterocycles. The number of nitrogens with zero attached hydrogens (tertiary/aromatic N) is 2. The van der Waals surface area contributed by atoms with Gasteiger partial charge in [-0.15, -0.1) is 11.3 Å². The van der Waals surface area contributed by atoms with E-state index >= 15 is 0 Å². The maximum absolute atomic E-state index is 13.6. The molecule has 144 valence electrons. The van der Waals surface area contributed by atoms with Gasteiger partial charge in [-0.05, 0) is 24.8 Å². The second kappa shape index (κ2) is 6.32. The molecule has 7 nitrogen and oxygen atoms in total. The number of aromatic nitrogens is 1. The number of thiazole rings is 1. The van der Waals surface area contributed by atoms with Crippen LogP contribution in [0.15, 0.2) is 47.0 Å². The monoisotopic (exact) mass is 415 g/mol. The number of fused-ring (bicyclic) bond motifs is 3. The highest BCUT2D eigenvalue weighted by atomic mass is 32.2. The molecule has 1 aliphatic rings. The first kappa shape index (κ1) is 18.5. The van der Waals surface area contributed by atoms with Crippen LogP contribution in [-0.2, 0) is 21.2 Å². The van der Waals surface area contributed by atoms with Gasteiger partial charge < -0.3 is 10.8 Å². The lowest BCUT2D eigenvalue weighted by atomic mass is 10.0. The van der Waals surface area contributed by atoms with E-state index in [0.29, 0.717) is 22.9 Å². The number of benzene rings is 2. The van der Waals surface area contributed by atoms with Gasteiger partial charge in [0.2, 0.25) is 5.13 Å². The van der Waals surface area contributed by atoms with Crippen LogP contribution in [0.5, 0.6) is 0 Å². The van der Waals surface area contributed by atoms with Crippen LogP contribution in [0.3, 0.4) is 0 Å². The second-order valence-corrected chi connectivity index (χ2v) is 9.14. The molecule has 0 saturated carbocycles. The van der Waals surface area contributed by atoms with Gasteiger partial charge in [0.05, 0.1) is 5.69 Å². The lowest BCUT2D eigenvalue weighted by Gasteiger charge is -2.29. The van der Waals surface area contributed by atoms with Crippen LogP contribution in [0.2, 0.25) is 0 Å². The Balaban J connectivity index is 2.12. The summed E-state index contributed by atoms with van der Waals surface area (Å²) in [6.45, 7) is 3.70. The Morgan fingerprint density at radius 2 is 1.96 bits per heavy atom. The molecule has 0 aliphatic carbocycles. The van der Waals surface area contributed by atoms with Crippen molar-refractivity contribution in [3.63, 3.8) is 0 Å². The van der Waals surface area contributed by atoms with Crippen LogP contribution in [0, 0.1) is 6.92 Å². The molecule has 28 heavy (non-hydrogen) atoms. The molecule has 0 saturated heterocycles. The maximum atomic E-state index is 13.6. The fourth-order valence-electron chi connectivity index (χ4n) is 3.39. The van der Waals surface area contributed by atoms with E-state index in [9.17, 15) is 18.3 Å². The lowest BCUT2D eigenvalue weighted by molar-refractivity contribution is -0.114. The summed E-state index contributed by atoms with van der Waals surface area (Å²) in [5.41, 5.74) is 5.69. The SMILES string of the molecule is CCc1sc(N2C(C(N)=O)=C(O)c3ccc4ccccc4c3S2(=O)=O)nc1C. The van der Waals surface area contributed by atoms with E-state index in [1.165, 1.54) is 6.07 Å². The van der Waals surface area contributed by atoms with Crippen LogP contribution in [0.4, 0.5) is 5.13 Å². The van der Waals surface area contributed by atoms with Gasteiger partial charge in [-0.2, -0.15) is 4.31 Å². The van der Waals surface area contributed by atoms with Gasteiger partial charge in [-0.25, -0.2) is 13.4 Å². The number of hydrogen-bond donors (Lipinski definition) is 2. The van der Waals surface area contributed by atoms with E-state index in [1.54, 1.807) is 37.3 Å². The third-order valence-corrected chi connectivity index (χ3v) is 7.86. The molecular formula is C19H17N3O4S2. The third-order valence-electron chi connectivity index (χ3n) is 4.67. The van der Waals surface area contributed by atoms with Crippen LogP contribution in [0.1, 0.15) is 23.1 Å². The van der Waals surface area contributed by atoms with E-state index in [4.69, 9.17) is 5.73 Å². The number of aliphatic hydroxyl groups is 1. The minimum Gasteiger partial charge on any atom is -0.505 e. The molecule has 2 aromatic carbocycles. The number of rotatable bonds is 3. The average Bonchev–Trinajstić information content (AvgIpc) is 3.03. The zero-order valence-electron chi connectivity index (χ0n) is 15.1. The zero-order valence-corrected chi connectivity index (χ0v) is 16.8. The first-order chi connectivity index (χ1) is 13.3. The molecule has 3 aromatic rings. The average molecular weight is 415 g/mol. The van der Waals surface area contributed by atoms with Crippen molar-refractivity contribution in [1.82, 2.24) is 4.98 Å². The number of anilines is 1. The Bertz CT molecular complexity index is 1280. The number of hydrogen-bond acceptors (Lipinski definition) is 6. The lowest BCUT2D eigenvalue weighted by Crippen LogP contribution is -2.40. The van der Waals surface area contributed by atoms with Crippen LogP contribution >= 0.6 is 11.3 Å². The Morgan fingerprint density at radius 3 is 2.61 bits per heavy atom. The standard InChI is InChI=1S/C19H17N3O4S2/c1-3-14-10(2)21-19(27-14)22-15(18(20)24)16(23)13-9-8-11-6-4-5-7-12(11)17(13)28(22,25)26/h4-9,23H,3H2,1-2H3,(H2,20,24). The number of primary amides is 1. The van der Waals surface area contributed by atoms with Gasteiger partial charge in [0, 0.05) is 15.8 Å². The van der Waals surface area contributed by atoms with Crippen LogP contribution in [0.25, 0.3) is 16.5 Å². The van der Waals surface area contributed by atoms with Gasteiger partial charge in [0.15, 0.2) is 11.5 Å². The highest BCUT2D eigenvalue weighted by Crippen LogP contribution is 2.43. The number of aryl methyl sites for hydroxylation is 2. The van der Waals surface area contributed by atoms with Gasteiger partial charge in [-0.3, -0.25) is 4.79 Å². The topological polar surface area (TPSA) is 114 Å². The third kappa shape index (κ3) is 2.50. The first-order valence-electron chi connectivity index (χ1n) is 8.54. The first-order valence-corrected chi connectivity index (χ1v) is 10.8.